The molecule has 3 rings (SSSR count). The predicted octanol–water partition coefficient (Wildman–Crippen LogP) is 1.68. The summed E-state index contributed by atoms with van der Waals surface area (Å²) in [5.74, 6) is 0. The van der Waals surface area contributed by atoms with Gasteiger partial charge in [0.05, 0.1) is 5.60 Å². The molecule has 1 aliphatic heterocycles. The molecule has 1 heterocycles. The van der Waals surface area contributed by atoms with Crippen LogP contribution in [0.25, 0.3) is 0 Å². The number of likely N-dealkylation sites (tertiary alicyclic amines) is 1. The van der Waals surface area contributed by atoms with Crippen molar-refractivity contribution >= 4 is 0 Å². The van der Waals surface area contributed by atoms with Crippen molar-refractivity contribution in [2.45, 2.75) is 43.1 Å². The van der Waals surface area contributed by atoms with Crippen molar-refractivity contribution in [1.82, 2.24) is 4.90 Å². The number of hydrogen-bond donors (Lipinski definition) is 2. The minimum absolute atomic E-state index is 0.241. The van der Waals surface area contributed by atoms with Crippen LogP contribution in [0.15, 0.2) is 24.3 Å². The number of nitrogens with zero attached hydrogens (tertiary/aromatic N) is 1. The molecule has 0 radical (unpaired) electrons. The van der Waals surface area contributed by atoms with Crippen LogP contribution in [0.5, 0.6) is 0 Å². The van der Waals surface area contributed by atoms with Gasteiger partial charge in [0.25, 0.3) is 0 Å². The average Bonchev–Trinajstić information content (AvgIpc) is 2.76. The van der Waals surface area contributed by atoms with Crippen LogP contribution in [0.2, 0.25) is 0 Å². The predicted molar refractivity (Wildman–Crippen MR) is 81.8 cm³/mol. The minimum Gasteiger partial charge on any atom is -0.389 e. The lowest BCUT2D eigenvalue weighted by Gasteiger charge is -2.45. The first-order chi connectivity index (χ1) is 9.61. The van der Waals surface area contributed by atoms with Gasteiger partial charge in [0, 0.05) is 18.5 Å². The van der Waals surface area contributed by atoms with E-state index in [1.807, 2.05) is 0 Å². The molecule has 2 atom stereocenters. The fourth-order valence-electron chi connectivity index (χ4n) is 4.31. The molecule has 3 heteroatoms. The van der Waals surface area contributed by atoms with Crippen LogP contribution in [-0.2, 0) is 11.8 Å². The monoisotopic (exact) mass is 274 g/mol. The molecule has 0 amide bonds. The molecule has 1 aromatic carbocycles. The molecule has 1 aromatic rings. The Hall–Kier alpha value is -0.900. The zero-order valence-corrected chi connectivity index (χ0v) is 12.4. The molecule has 110 valence electrons. The zero-order valence-electron chi connectivity index (χ0n) is 12.4. The van der Waals surface area contributed by atoms with Crippen molar-refractivity contribution in [1.29, 1.82) is 0 Å². The highest BCUT2D eigenvalue weighted by molar-refractivity contribution is 5.43. The summed E-state index contributed by atoms with van der Waals surface area (Å²) in [6.07, 6.45) is 4.78. The van der Waals surface area contributed by atoms with Gasteiger partial charge in [-0.15, -0.1) is 0 Å². The number of fused-ring (bicyclic) bond motifs is 1. The lowest BCUT2D eigenvalue weighted by Crippen LogP contribution is -2.55. The molecular weight excluding hydrogens is 248 g/mol. The summed E-state index contributed by atoms with van der Waals surface area (Å²) in [5, 5.41) is 11.5. The third-order valence-corrected chi connectivity index (χ3v) is 5.63. The van der Waals surface area contributed by atoms with Crippen molar-refractivity contribution in [2.75, 3.05) is 26.7 Å². The lowest BCUT2D eigenvalue weighted by molar-refractivity contribution is -0.0487. The van der Waals surface area contributed by atoms with Gasteiger partial charge in [0.1, 0.15) is 0 Å². The van der Waals surface area contributed by atoms with Crippen molar-refractivity contribution in [3.05, 3.63) is 35.4 Å². The topological polar surface area (TPSA) is 49.5 Å². The summed E-state index contributed by atoms with van der Waals surface area (Å²) in [6.45, 7) is 2.58. The van der Waals surface area contributed by atoms with Gasteiger partial charge < -0.3 is 15.7 Å². The van der Waals surface area contributed by atoms with Gasteiger partial charge >= 0.3 is 0 Å². The SMILES string of the molecule is CN1CCCC(O)(C2(CN)CCc3ccccc32)CC1. The Balaban J connectivity index is 2.01. The lowest BCUT2D eigenvalue weighted by atomic mass is 9.64. The molecule has 20 heavy (non-hydrogen) atoms. The van der Waals surface area contributed by atoms with Gasteiger partial charge in [-0.05, 0) is 56.8 Å². The van der Waals surface area contributed by atoms with Crippen LogP contribution < -0.4 is 5.73 Å². The van der Waals surface area contributed by atoms with Gasteiger partial charge in [-0.1, -0.05) is 24.3 Å². The van der Waals surface area contributed by atoms with E-state index in [1.165, 1.54) is 11.1 Å². The number of rotatable bonds is 2. The summed E-state index contributed by atoms with van der Waals surface area (Å²) in [6, 6.07) is 8.55. The quantitative estimate of drug-likeness (QED) is 0.862. The summed E-state index contributed by atoms with van der Waals surface area (Å²) in [7, 11) is 2.14. The Kier molecular flexibility index (Phi) is 3.61. The van der Waals surface area contributed by atoms with E-state index in [-0.39, 0.29) is 5.41 Å². The smallest absolute Gasteiger partial charge is 0.0768 e. The molecule has 0 saturated carbocycles. The van der Waals surface area contributed by atoms with E-state index in [0.717, 1.165) is 45.2 Å². The van der Waals surface area contributed by atoms with Crippen molar-refractivity contribution in [3.8, 4) is 0 Å². The van der Waals surface area contributed by atoms with E-state index < -0.39 is 5.60 Å². The van der Waals surface area contributed by atoms with E-state index in [4.69, 9.17) is 5.73 Å². The van der Waals surface area contributed by atoms with Gasteiger partial charge in [0.15, 0.2) is 0 Å². The van der Waals surface area contributed by atoms with E-state index in [2.05, 4.69) is 36.2 Å². The Morgan fingerprint density at radius 2 is 2.00 bits per heavy atom. The van der Waals surface area contributed by atoms with Gasteiger partial charge in [-0.25, -0.2) is 0 Å². The molecule has 0 aromatic heterocycles. The number of aliphatic hydroxyl groups is 1. The second-order valence-corrected chi connectivity index (χ2v) is 6.63. The van der Waals surface area contributed by atoms with E-state index in [0.29, 0.717) is 6.54 Å². The van der Waals surface area contributed by atoms with Crippen LogP contribution in [0.4, 0.5) is 0 Å². The first-order valence-electron chi connectivity index (χ1n) is 7.81. The Morgan fingerprint density at radius 3 is 2.80 bits per heavy atom. The summed E-state index contributed by atoms with van der Waals surface area (Å²) < 4.78 is 0. The molecule has 0 bridgehead atoms. The van der Waals surface area contributed by atoms with Crippen molar-refractivity contribution in [3.63, 3.8) is 0 Å². The number of nitrogens with two attached hydrogens (primary N) is 1. The number of aryl methyl sites for hydroxylation is 1. The van der Waals surface area contributed by atoms with Crippen LogP contribution in [0, 0.1) is 0 Å². The third kappa shape index (κ3) is 2.00. The minimum atomic E-state index is -0.654. The Labute approximate surface area is 121 Å². The van der Waals surface area contributed by atoms with Gasteiger partial charge in [-0.3, -0.25) is 0 Å². The molecule has 2 aliphatic rings. The standard InChI is InChI=1S/C17H26N2O/c1-19-11-4-8-17(20,10-12-19)16(13-18)9-7-14-5-2-3-6-15(14)16/h2-3,5-6,20H,4,7-13,18H2,1H3. The molecule has 3 nitrogen and oxygen atoms in total. The Morgan fingerprint density at radius 1 is 1.20 bits per heavy atom. The van der Waals surface area contributed by atoms with Crippen LogP contribution in [0.3, 0.4) is 0 Å². The third-order valence-electron chi connectivity index (χ3n) is 5.63. The summed E-state index contributed by atoms with van der Waals surface area (Å²) in [5.41, 5.74) is 8.00. The second-order valence-electron chi connectivity index (χ2n) is 6.63. The maximum atomic E-state index is 11.5. The maximum Gasteiger partial charge on any atom is 0.0768 e. The van der Waals surface area contributed by atoms with Gasteiger partial charge in [0.2, 0.25) is 0 Å². The molecule has 1 aliphatic carbocycles. The molecular formula is C17H26N2O. The van der Waals surface area contributed by atoms with Crippen LogP contribution in [0.1, 0.15) is 36.8 Å². The van der Waals surface area contributed by atoms with Crippen LogP contribution in [-0.4, -0.2) is 42.3 Å². The molecule has 0 spiro atoms. The molecule has 3 N–H and O–H groups in total. The van der Waals surface area contributed by atoms with Crippen LogP contribution >= 0.6 is 0 Å². The largest absolute Gasteiger partial charge is 0.389 e. The summed E-state index contributed by atoms with van der Waals surface area (Å²) in [4.78, 5) is 2.32. The zero-order chi connectivity index (χ0) is 14.2. The summed E-state index contributed by atoms with van der Waals surface area (Å²) >= 11 is 0. The van der Waals surface area contributed by atoms with E-state index in [1.54, 1.807) is 0 Å². The fraction of sp³-hybridized carbons (Fsp3) is 0.647. The van der Waals surface area contributed by atoms with E-state index >= 15 is 0 Å². The first kappa shape index (κ1) is 14.1. The molecule has 2 unspecified atom stereocenters. The van der Waals surface area contributed by atoms with Crippen molar-refractivity contribution < 1.29 is 5.11 Å². The maximum absolute atomic E-state index is 11.5. The highest BCUT2D eigenvalue weighted by Crippen LogP contribution is 2.49. The number of hydrogen-bond acceptors (Lipinski definition) is 3. The normalized spacial score (nSPS) is 34.8. The fourth-order valence-corrected chi connectivity index (χ4v) is 4.31. The number of benzene rings is 1. The van der Waals surface area contributed by atoms with Crippen molar-refractivity contribution in [2.24, 2.45) is 5.73 Å². The highest BCUT2D eigenvalue weighted by atomic mass is 16.3. The Bertz CT molecular complexity index is 490. The molecule has 1 fully saturated rings. The average molecular weight is 274 g/mol. The van der Waals surface area contributed by atoms with E-state index in [9.17, 15) is 5.11 Å². The second kappa shape index (κ2) is 5.14. The first-order valence-corrected chi connectivity index (χ1v) is 7.81. The highest BCUT2D eigenvalue weighted by Gasteiger charge is 2.53. The molecule has 1 saturated heterocycles. The van der Waals surface area contributed by atoms with Gasteiger partial charge in [-0.2, -0.15) is 0 Å².